The summed E-state index contributed by atoms with van der Waals surface area (Å²) in [6, 6.07) is 6.94. The van der Waals surface area contributed by atoms with Crippen molar-refractivity contribution >= 4 is 17.5 Å². The number of carbonyl (C=O) groups excluding carboxylic acids is 2. The summed E-state index contributed by atoms with van der Waals surface area (Å²) in [4.78, 5) is 27.4. The Kier molecular flexibility index (Phi) is 4.85. The van der Waals surface area contributed by atoms with Crippen LogP contribution in [-0.2, 0) is 17.9 Å². The van der Waals surface area contributed by atoms with Crippen LogP contribution in [0.4, 0.5) is 5.69 Å². The number of benzene rings is 1. The molecule has 2 heterocycles. The molecule has 7 heteroatoms. The third-order valence-corrected chi connectivity index (χ3v) is 4.32. The molecule has 0 fully saturated rings. The van der Waals surface area contributed by atoms with Gasteiger partial charge in [-0.1, -0.05) is 32.0 Å². The zero-order valence-electron chi connectivity index (χ0n) is 14.3. The molecule has 0 radical (unpaired) electrons. The summed E-state index contributed by atoms with van der Waals surface area (Å²) in [6.45, 7) is 4.47. The molecule has 132 valence electrons. The maximum absolute atomic E-state index is 13.1. The Bertz CT molecular complexity index is 784. The van der Waals surface area contributed by atoms with E-state index in [1.165, 1.54) is 10.9 Å². The molecule has 1 unspecified atom stereocenters. The fraction of sp³-hybridized carbons (Fsp3) is 0.389. The number of nitrogens with one attached hydrogen (secondary N) is 1. The maximum Gasteiger partial charge on any atom is 0.258 e. The second-order valence-electron chi connectivity index (χ2n) is 6.48. The van der Waals surface area contributed by atoms with E-state index in [0.717, 1.165) is 11.3 Å². The molecule has 1 aromatic carbocycles. The van der Waals surface area contributed by atoms with Gasteiger partial charge in [0.1, 0.15) is 6.04 Å². The Morgan fingerprint density at radius 2 is 2.16 bits per heavy atom. The number of aliphatic hydroxyl groups is 1. The molecular formula is C18H22N4O3. The highest BCUT2D eigenvalue weighted by molar-refractivity contribution is 6.02. The van der Waals surface area contributed by atoms with Crippen LogP contribution in [0.5, 0.6) is 0 Å². The molecule has 0 saturated heterocycles. The second kappa shape index (κ2) is 7.06. The standard InChI is InChI=1S/C18H22N4O3/c1-12(2)16-17(24)20-15-6-4-3-5-13(15)11-22(16)18(25)14-9-19-21(10-14)7-8-23/h3-6,9-10,12,16,23H,7-8,11H2,1-2H3,(H,20,24). The van der Waals surface area contributed by atoms with E-state index in [0.29, 0.717) is 18.7 Å². The van der Waals surface area contributed by atoms with Crippen molar-refractivity contribution in [3.05, 3.63) is 47.8 Å². The SMILES string of the molecule is CC(C)C1C(=O)Nc2ccccc2CN1C(=O)c1cnn(CCO)c1. The van der Waals surface area contributed by atoms with E-state index in [2.05, 4.69) is 10.4 Å². The Labute approximate surface area is 146 Å². The van der Waals surface area contributed by atoms with Gasteiger partial charge in [-0.3, -0.25) is 14.3 Å². The highest BCUT2D eigenvalue weighted by Gasteiger charge is 2.36. The first-order valence-corrected chi connectivity index (χ1v) is 8.34. The van der Waals surface area contributed by atoms with Gasteiger partial charge in [-0.2, -0.15) is 5.10 Å². The first kappa shape index (κ1) is 17.2. The van der Waals surface area contributed by atoms with Gasteiger partial charge in [0, 0.05) is 18.4 Å². The highest BCUT2D eigenvalue weighted by atomic mass is 16.3. The fourth-order valence-corrected chi connectivity index (χ4v) is 3.14. The predicted molar refractivity (Wildman–Crippen MR) is 92.9 cm³/mol. The molecule has 0 spiro atoms. The minimum absolute atomic E-state index is 0.0363. The number of aromatic nitrogens is 2. The summed E-state index contributed by atoms with van der Waals surface area (Å²) in [5.74, 6) is -0.462. The lowest BCUT2D eigenvalue weighted by molar-refractivity contribution is -0.121. The molecule has 0 saturated carbocycles. The second-order valence-corrected chi connectivity index (χ2v) is 6.48. The van der Waals surface area contributed by atoms with E-state index in [4.69, 9.17) is 5.11 Å². The zero-order chi connectivity index (χ0) is 18.0. The minimum atomic E-state index is -0.568. The van der Waals surface area contributed by atoms with Crippen LogP contribution < -0.4 is 5.32 Å². The van der Waals surface area contributed by atoms with Crippen LogP contribution in [0.3, 0.4) is 0 Å². The van der Waals surface area contributed by atoms with Crippen LogP contribution in [0.15, 0.2) is 36.7 Å². The van der Waals surface area contributed by atoms with E-state index in [1.54, 1.807) is 11.1 Å². The summed E-state index contributed by atoms with van der Waals surface area (Å²) >= 11 is 0. The van der Waals surface area contributed by atoms with Crippen molar-refractivity contribution in [2.75, 3.05) is 11.9 Å². The van der Waals surface area contributed by atoms with E-state index < -0.39 is 6.04 Å². The number of rotatable bonds is 4. The molecule has 2 amide bonds. The van der Waals surface area contributed by atoms with Crippen molar-refractivity contribution in [3.63, 3.8) is 0 Å². The molecule has 0 aliphatic carbocycles. The molecule has 1 atom stereocenters. The lowest BCUT2D eigenvalue weighted by Crippen LogP contribution is -2.48. The number of anilines is 1. The molecule has 2 N–H and O–H groups in total. The van der Waals surface area contributed by atoms with Gasteiger partial charge in [-0.15, -0.1) is 0 Å². The number of carbonyl (C=O) groups is 2. The number of para-hydroxylation sites is 1. The van der Waals surface area contributed by atoms with Gasteiger partial charge in [0.2, 0.25) is 5.91 Å². The summed E-state index contributed by atoms with van der Waals surface area (Å²) in [7, 11) is 0. The molecule has 1 aliphatic heterocycles. The topological polar surface area (TPSA) is 87.5 Å². The fourth-order valence-electron chi connectivity index (χ4n) is 3.14. The van der Waals surface area contributed by atoms with Crippen molar-refractivity contribution in [1.82, 2.24) is 14.7 Å². The molecule has 2 aromatic rings. The number of nitrogens with zero attached hydrogens (tertiary/aromatic N) is 3. The third kappa shape index (κ3) is 3.41. The first-order chi connectivity index (χ1) is 12.0. The molecule has 1 aromatic heterocycles. The molecule has 0 bridgehead atoms. The first-order valence-electron chi connectivity index (χ1n) is 8.34. The van der Waals surface area contributed by atoms with Crippen molar-refractivity contribution in [1.29, 1.82) is 0 Å². The van der Waals surface area contributed by atoms with E-state index in [-0.39, 0.29) is 24.3 Å². The Hall–Kier alpha value is -2.67. The molecular weight excluding hydrogens is 320 g/mol. The lowest BCUT2D eigenvalue weighted by Gasteiger charge is -2.31. The smallest absolute Gasteiger partial charge is 0.258 e. The van der Waals surface area contributed by atoms with E-state index in [9.17, 15) is 9.59 Å². The van der Waals surface area contributed by atoms with Crippen LogP contribution in [0.1, 0.15) is 29.8 Å². The number of amides is 2. The average molecular weight is 342 g/mol. The van der Waals surface area contributed by atoms with Crippen LogP contribution in [-0.4, -0.2) is 44.3 Å². The Balaban J connectivity index is 1.97. The van der Waals surface area contributed by atoms with Gasteiger partial charge >= 0.3 is 0 Å². The van der Waals surface area contributed by atoms with Crippen molar-refractivity contribution < 1.29 is 14.7 Å². The molecule has 3 rings (SSSR count). The maximum atomic E-state index is 13.1. The van der Waals surface area contributed by atoms with Gasteiger partial charge in [-0.05, 0) is 17.5 Å². The van der Waals surface area contributed by atoms with Crippen LogP contribution in [0.25, 0.3) is 0 Å². The number of hydrogen-bond donors (Lipinski definition) is 2. The molecule has 1 aliphatic rings. The lowest BCUT2D eigenvalue weighted by atomic mass is 10.0. The van der Waals surface area contributed by atoms with Gasteiger partial charge in [0.15, 0.2) is 0 Å². The molecule has 7 nitrogen and oxygen atoms in total. The summed E-state index contributed by atoms with van der Waals surface area (Å²) < 4.78 is 1.52. The number of fused-ring (bicyclic) bond motifs is 1. The van der Waals surface area contributed by atoms with Crippen molar-refractivity contribution in [2.45, 2.75) is 33.0 Å². The predicted octanol–water partition coefficient (Wildman–Crippen LogP) is 1.49. The van der Waals surface area contributed by atoms with Crippen molar-refractivity contribution in [2.24, 2.45) is 5.92 Å². The number of aliphatic hydroxyl groups excluding tert-OH is 1. The Morgan fingerprint density at radius 1 is 1.40 bits per heavy atom. The van der Waals surface area contributed by atoms with E-state index >= 15 is 0 Å². The van der Waals surface area contributed by atoms with Gasteiger partial charge in [-0.25, -0.2) is 0 Å². The van der Waals surface area contributed by atoms with Gasteiger partial charge in [0.05, 0.1) is 24.9 Å². The Morgan fingerprint density at radius 3 is 2.88 bits per heavy atom. The van der Waals surface area contributed by atoms with Crippen LogP contribution >= 0.6 is 0 Å². The van der Waals surface area contributed by atoms with E-state index in [1.807, 2.05) is 38.1 Å². The van der Waals surface area contributed by atoms with Crippen LogP contribution in [0, 0.1) is 5.92 Å². The summed E-state index contributed by atoms with van der Waals surface area (Å²) in [5, 5.41) is 16.0. The third-order valence-electron chi connectivity index (χ3n) is 4.32. The molecule has 25 heavy (non-hydrogen) atoms. The highest BCUT2D eigenvalue weighted by Crippen LogP contribution is 2.27. The minimum Gasteiger partial charge on any atom is -0.394 e. The average Bonchev–Trinajstić information content (AvgIpc) is 2.97. The van der Waals surface area contributed by atoms with Crippen LogP contribution in [0.2, 0.25) is 0 Å². The summed E-state index contributed by atoms with van der Waals surface area (Å²) in [6.07, 6.45) is 3.08. The summed E-state index contributed by atoms with van der Waals surface area (Å²) in [5.41, 5.74) is 2.05. The van der Waals surface area contributed by atoms with Gasteiger partial charge < -0.3 is 15.3 Å². The normalized spacial score (nSPS) is 17.2. The quantitative estimate of drug-likeness (QED) is 0.881. The largest absolute Gasteiger partial charge is 0.394 e. The van der Waals surface area contributed by atoms with Gasteiger partial charge in [0.25, 0.3) is 5.91 Å². The number of hydrogen-bond acceptors (Lipinski definition) is 4. The van der Waals surface area contributed by atoms with Crippen molar-refractivity contribution in [3.8, 4) is 0 Å². The monoisotopic (exact) mass is 342 g/mol. The zero-order valence-corrected chi connectivity index (χ0v) is 14.3.